The Morgan fingerprint density at radius 1 is 1.11 bits per heavy atom. The topological polar surface area (TPSA) is 29.9 Å². The maximum absolute atomic E-state index is 8.60. The average Bonchev–Trinajstić information content (AvgIpc) is 3.14. The molecule has 2 aromatic carbocycles. The number of hydrogen-bond donors (Lipinski definition) is 0. The number of furan rings is 1. The van der Waals surface area contributed by atoms with Crippen molar-refractivity contribution in [2.24, 2.45) is 7.05 Å². The molecule has 0 aliphatic rings. The minimum absolute atomic E-state index is 0.442. The first-order valence-corrected chi connectivity index (χ1v) is 9.30. The Kier molecular flexibility index (Phi) is 2.87. The molecule has 0 aliphatic carbocycles. The third-order valence-electron chi connectivity index (χ3n) is 5.51. The van der Waals surface area contributed by atoms with Gasteiger partial charge in [0.1, 0.15) is 12.6 Å². The molecule has 1 atom stereocenters. The summed E-state index contributed by atoms with van der Waals surface area (Å²) in [4.78, 5) is 4.42. The van der Waals surface area contributed by atoms with Crippen molar-refractivity contribution in [2.45, 2.75) is 26.6 Å². The zero-order valence-electron chi connectivity index (χ0n) is 20.1. The van der Waals surface area contributed by atoms with E-state index in [0.717, 1.165) is 43.9 Å². The number of hydrogen-bond acceptors (Lipinski definition) is 2. The lowest BCUT2D eigenvalue weighted by molar-refractivity contribution is -0.660. The van der Waals surface area contributed by atoms with E-state index in [9.17, 15) is 0 Å². The van der Waals surface area contributed by atoms with Gasteiger partial charge in [-0.15, -0.1) is 0 Å². The van der Waals surface area contributed by atoms with E-state index in [1.807, 2.05) is 54.2 Å². The van der Waals surface area contributed by atoms with E-state index in [-0.39, 0.29) is 0 Å². The number of fused-ring (bicyclic) bond motifs is 5. The minimum atomic E-state index is -2.45. The van der Waals surface area contributed by atoms with Gasteiger partial charge in [0.05, 0.1) is 5.56 Å². The Balaban J connectivity index is 1.95. The molecule has 28 heavy (non-hydrogen) atoms. The molecule has 0 saturated carbocycles. The standard InChI is InChI=1S/C25H23N2O/c1-15(2)17-11-13-27(4)21(14-17)22-16(3)18-8-5-6-9-19(18)24-23(22)20-10-7-12-26-25(20)28-24/h5-15H,1-4H3/q+1/i1D3,15D. The molecule has 3 aromatic heterocycles. The van der Waals surface area contributed by atoms with Crippen molar-refractivity contribution in [2.75, 3.05) is 0 Å². The zero-order chi connectivity index (χ0) is 22.8. The van der Waals surface area contributed by atoms with Crippen molar-refractivity contribution in [3.05, 3.63) is 72.1 Å². The second kappa shape index (κ2) is 6.16. The molecule has 1 unspecified atom stereocenters. The van der Waals surface area contributed by atoms with Crippen LogP contribution in [0, 0.1) is 6.92 Å². The van der Waals surface area contributed by atoms with E-state index in [1.54, 1.807) is 12.3 Å². The van der Waals surface area contributed by atoms with Gasteiger partial charge in [-0.3, -0.25) is 0 Å². The van der Waals surface area contributed by atoms with Crippen LogP contribution in [0.3, 0.4) is 0 Å². The number of rotatable bonds is 2. The van der Waals surface area contributed by atoms with Crippen molar-refractivity contribution in [1.82, 2.24) is 4.98 Å². The summed E-state index contributed by atoms with van der Waals surface area (Å²) in [5.74, 6) is -1.74. The van der Waals surface area contributed by atoms with Crippen LogP contribution in [0.2, 0.25) is 0 Å². The molecule has 5 aromatic rings. The molecule has 0 aliphatic heterocycles. The van der Waals surface area contributed by atoms with Gasteiger partial charge in [0.2, 0.25) is 11.4 Å². The zero-order valence-corrected chi connectivity index (χ0v) is 16.1. The van der Waals surface area contributed by atoms with E-state index in [1.165, 1.54) is 6.92 Å². The van der Waals surface area contributed by atoms with Gasteiger partial charge in [0.15, 0.2) is 6.20 Å². The highest BCUT2D eigenvalue weighted by atomic mass is 16.3. The summed E-state index contributed by atoms with van der Waals surface area (Å²) in [6.45, 7) is 1.06. The fourth-order valence-electron chi connectivity index (χ4n) is 4.07. The Bertz CT molecular complexity index is 1520. The van der Waals surface area contributed by atoms with Gasteiger partial charge in [-0.25, -0.2) is 9.55 Å². The first-order valence-electron chi connectivity index (χ1n) is 11.3. The third kappa shape index (κ3) is 2.36. The van der Waals surface area contributed by atoms with E-state index in [4.69, 9.17) is 9.90 Å². The maximum atomic E-state index is 8.60. The van der Waals surface area contributed by atoms with Crippen LogP contribution < -0.4 is 4.57 Å². The number of benzene rings is 2. The van der Waals surface area contributed by atoms with Crippen LogP contribution in [0.15, 0.2) is 65.3 Å². The molecule has 0 N–H and O–H groups in total. The molecule has 3 nitrogen and oxygen atoms in total. The normalized spacial score (nSPS) is 16.5. The summed E-state index contributed by atoms with van der Waals surface area (Å²) in [5.41, 5.74) is 4.60. The van der Waals surface area contributed by atoms with E-state index >= 15 is 0 Å². The molecule has 3 heteroatoms. The molecular weight excluding hydrogens is 344 g/mol. The lowest BCUT2D eigenvalue weighted by Gasteiger charge is -2.12. The van der Waals surface area contributed by atoms with Crippen molar-refractivity contribution in [3.63, 3.8) is 0 Å². The Hall–Kier alpha value is -3.20. The van der Waals surface area contributed by atoms with Gasteiger partial charge in [-0.1, -0.05) is 38.0 Å². The fraction of sp³-hybridized carbons (Fsp3) is 0.200. The highest BCUT2D eigenvalue weighted by molar-refractivity contribution is 6.21. The fourth-order valence-corrected chi connectivity index (χ4v) is 4.07. The van der Waals surface area contributed by atoms with Crippen LogP contribution in [-0.4, -0.2) is 4.98 Å². The Morgan fingerprint density at radius 3 is 2.71 bits per heavy atom. The molecule has 138 valence electrons. The van der Waals surface area contributed by atoms with Crippen LogP contribution in [0.5, 0.6) is 0 Å². The van der Waals surface area contributed by atoms with Crippen molar-refractivity contribution in [3.8, 4) is 11.3 Å². The predicted molar refractivity (Wildman–Crippen MR) is 114 cm³/mol. The molecule has 0 amide bonds. The molecule has 0 saturated heterocycles. The summed E-state index contributed by atoms with van der Waals surface area (Å²) in [5, 5.41) is 3.91. The summed E-state index contributed by atoms with van der Waals surface area (Å²) < 4.78 is 40.4. The van der Waals surface area contributed by atoms with Crippen molar-refractivity contribution >= 4 is 32.8 Å². The van der Waals surface area contributed by atoms with Crippen LogP contribution in [0.1, 0.15) is 36.3 Å². The van der Waals surface area contributed by atoms with Gasteiger partial charge in [0.25, 0.3) is 0 Å². The number of pyridine rings is 2. The van der Waals surface area contributed by atoms with E-state index in [2.05, 4.69) is 18.0 Å². The maximum Gasteiger partial charge on any atom is 0.227 e. The summed E-state index contributed by atoms with van der Waals surface area (Å²) in [6.07, 6.45) is 3.53. The van der Waals surface area contributed by atoms with Crippen LogP contribution >= 0.6 is 0 Å². The lowest BCUT2D eigenvalue weighted by Crippen LogP contribution is -2.31. The summed E-state index contributed by atoms with van der Waals surface area (Å²) in [6, 6.07) is 15.5. The average molecular weight is 371 g/mol. The number of aromatic nitrogens is 2. The van der Waals surface area contributed by atoms with Crippen LogP contribution in [0.25, 0.3) is 44.1 Å². The lowest BCUT2D eigenvalue weighted by atomic mass is 9.91. The van der Waals surface area contributed by atoms with Gasteiger partial charge in [-0.05, 0) is 41.5 Å². The van der Waals surface area contributed by atoms with Crippen LogP contribution in [-0.2, 0) is 7.05 Å². The number of nitrogens with zero attached hydrogens (tertiary/aromatic N) is 2. The van der Waals surface area contributed by atoms with Gasteiger partial charge < -0.3 is 4.42 Å². The Morgan fingerprint density at radius 2 is 1.89 bits per heavy atom. The third-order valence-corrected chi connectivity index (χ3v) is 5.51. The molecule has 5 rings (SSSR count). The molecule has 3 heterocycles. The van der Waals surface area contributed by atoms with Gasteiger partial charge >= 0.3 is 0 Å². The molecular formula is C25H23N2O+. The monoisotopic (exact) mass is 371 g/mol. The van der Waals surface area contributed by atoms with Gasteiger partial charge in [0, 0.05) is 40.0 Å². The molecule has 0 fully saturated rings. The van der Waals surface area contributed by atoms with Gasteiger partial charge in [-0.2, -0.15) is 0 Å². The highest BCUT2D eigenvalue weighted by Gasteiger charge is 2.24. The van der Waals surface area contributed by atoms with Crippen LogP contribution in [0.4, 0.5) is 0 Å². The van der Waals surface area contributed by atoms with E-state index in [0.29, 0.717) is 11.3 Å². The summed E-state index contributed by atoms with van der Waals surface area (Å²) in [7, 11) is 1.93. The predicted octanol–water partition coefficient (Wildman–Crippen LogP) is 6.06. The first kappa shape index (κ1) is 13.1. The quantitative estimate of drug-likeness (QED) is 0.353. The highest BCUT2D eigenvalue weighted by Crippen LogP contribution is 2.42. The second-order valence-electron chi connectivity index (χ2n) is 7.24. The minimum Gasteiger partial charge on any atom is -0.437 e. The number of aryl methyl sites for hydroxylation is 2. The molecule has 0 bridgehead atoms. The SMILES string of the molecule is [2H]C([2H])([2H])C([2H])(C)c1cc[n+](C)c(-c2c(C)c3ccccc3c3oc4ncccc4c23)c1. The largest absolute Gasteiger partial charge is 0.437 e. The molecule has 0 spiro atoms. The first-order chi connectivity index (χ1) is 15.1. The summed E-state index contributed by atoms with van der Waals surface area (Å²) >= 11 is 0. The van der Waals surface area contributed by atoms with E-state index < -0.39 is 12.7 Å². The Labute approximate surface area is 169 Å². The second-order valence-corrected chi connectivity index (χ2v) is 7.24. The smallest absolute Gasteiger partial charge is 0.227 e. The molecule has 0 radical (unpaired) electrons. The van der Waals surface area contributed by atoms with Crippen molar-refractivity contribution < 1.29 is 14.5 Å². The van der Waals surface area contributed by atoms with Crippen molar-refractivity contribution in [1.29, 1.82) is 0 Å².